The van der Waals surface area contributed by atoms with Crippen molar-refractivity contribution in [3.8, 4) is 0 Å². The highest BCUT2D eigenvalue weighted by Crippen LogP contribution is 2.23. The third-order valence-corrected chi connectivity index (χ3v) is 4.15. The lowest BCUT2D eigenvalue weighted by atomic mass is 9.99. The van der Waals surface area contributed by atoms with Crippen molar-refractivity contribution in [1.29, 1.82) is 0 Å². The van der Waals surface area contributed by atoms with Crippen molar-refractivity contribution in [3.05, 3.63) is 41.1 Å². The lowest BCUT2D eigenvalue weighted by molar-refractivity contribution is 0.0940. The number of rotatable bonds is 6. The molecule has 0 saturated carbocycles. The molecule has 1 heterocycles. The van der Waals surface area contributed by atoms with Crippen LogP contribution in [0.15, 0.2) is 24.3 Å². The first-order valence-corrected chi connectivity index (χ1v) is 8.28. The molecule has 2 atom stereocenters. The molecule has 23 heavy (non-hydrogen) atoms. The highest BCUT2D eigenvalue weighted by molar-refractivity contribution is 6.07. The van der Waals surface area contributed by atoms with Crippen molar-refractivity contribution >= 4 is 16.8 Å². The van der Waals surface area contributed by atoms with Crippen LogP contribution in [0.5, 0.6) is 0 Å². The molecule has 4 heteroatoms. The predicted molar refractivity (Wildman–Crippen MR) is 93.7 cm³/mol. The number of aromatic nitrogens is 1. The van der Waals surface area contributed by atoms with Crippen molar-refractivity contribution in [1.82, 2.24) is 10.3 Å². The number of benzene rings is 1. The summed E-state index contributed by atoms with van der Waals surface area (Å²) in [6.45, 7) is 8.37. The van der Waals surface area contributed by atoms with E-state index >= 15 is 0 Å². The molecule has 4 nitrogen and oxygen atoms in total. The van der Waals surface area contributed by atoms with Crippen molar-refractivity contribution in [3.63, 3.8) is 0 Å². The molecule has 0 fully saturated rings. The number of carbonyl (C=O) groups is 1. The minimum atomic E-state index is -0.350. The Morgan fingerprint density at radius 1 is 1.30 bits per heavy atom. The molecule has 1 aromatic carbocycles. The van der Waals surface area contributed by atoms with E-state index in [2.05, 4.69) is 17.2 Å². The van der Waals surface area contributed by atoms with Crippen molar-refractivity contribution in [2.24, 2.45) is 5.92 Å². The second kappa shape index (κ2) is 7.55. The number of nitrogens with one attached hydrogen (secondary N) is 1. The minimum absolute atomic E-state index is 0.0618. The van der Waals surface area contributed by atoms with Crippen LogP contribution >= 0.6 is 0 Å². The van der Waals surface area contributed by atoms with E-state index < -0.39 is 0 Å². The molecule has 0 saturated heterocycles. The summed E-state index contributed by atoms with van der Waals surface area (Å²) in [5, 5.41) is 13.3. The number of aryl methyl sites for hydroxylation is 1. The zero-order valence-corrected chi connectivity index (χ0v) is 14.4. The zero-order chi connectivity index (χ0) is 17.0. The number of aliphatic hydroxyl groups is 1. The van der Waals surface area contributed by atoms with Gasteiger partial charge in [0.15, 0.2) is 0 Å². The Bertz CT molecular complexity index is 695. The molecule has 0 bridgehead atoms. The van der Waals surface area contributed by atoms with E-state index in [9.17, 15) is 9.90 Å². The molecule has 124 valence electrons. The van der Waals surface area contributed by atoms with Gasteiger partial charge in [-0.3, -0.25) is 9.78 Å². The van der Waals surface area contributed by atoms with E-state index in [0.717, 1.165) is 34.1 Å². The van der Waals surface area contributed by atoms with E-state index in [0.29, 0.717) is 13.0 Å². The molecule has 1 aromatic heterocycles. The van der Waals surface area contributed by atoms with Crippen molar-refractivity contribution in [2.45, 2.75) is 46.6 Å². The molecule has 1 amide bonds. The molecular weight excluding hydrogens is 288 g/mol. The SMILES string of the molecule is CCc1nc2ccccc2c(C(=O)NC[C@@H](C)C[C@@H](C)O)c1C. The number of hydrogen-bond acceptors (Lipinski definition) is 3. The molecule has 0 aliphatic heterocycles. The molecular formula is C19H26N2O2. The third kappa shape index (κ3) is 4.08. The van der Waals surface area contributed by atoms with E-state index in [4.69, 9.17) is 0 Å². The second-order valence-corrected chi connectivity index (χ2v) is 6.33. The van der Waals surface area contributed by atoms with Gasteiger partial charge < -0.3 is 10.4 Å². The van der Waals surface area contributed by atoms with E-state index in [1.807, 2.05) is 38.1 Å². The summed E-state index contributed by atoms with van der Waals surface area (Å²) >= 11 is 0. The van der Waals surface area contributed by atoms with Gasteiger partial charge in [-0.25, -0.2) is 0 Å². The summed E-state index contributed by atoms with van der Waals surface area (Å²) in [5.41, 5.74) is 3.49. The van der Waals surface area contributed by atoms with Crippen LogP contribution in [0.1, 0.15) is 48.8 Å². The van der Waals surface area contributed by atoms with Crippen LogP contribution in [0.3, 0.4) is 0 Å². The Kier molecular flexibility index (Phi) is 5.72. The first-order valence-electron chi connectivity index (χ1n) is 8.28. The average Bonchev–Trinajstić information content (AvgIpc) is 2.51. The smallest absolute Gasteiger partial charge is 0.252 e. The van der Waals surface area contributed by atoms with Crippen LogP contribution in [0.2, 0.25) is 0 Å². The lowest BCUT2D eigenvalue weighted by Crippen LogP contribution is -2.30. The standard InChI is InChI=1S/C19H26N2O2/c1-5-16-14(4)18(15-8-6-7-9-17(15)21-16)19(23)20-11-12(2)10-13(3)22/h6-9,12-13,22H,5,10-11H2,1-4H3,(H,20,23)/t12-,13+/m0/s1. The van der Waals surface area contributed by atoms with E-state index in [-0.39, 0.29) is 17.9 Å². The van der Waals surface area contributed by atoms with Gasteiger partial charge in [-0.05, 0) is 44.2 Å². The number of nitrogens with zero attached hydrogens (tertiary/aromatic N) is 1. The molecule has 2 aromatic rings. The van der Waals surface area contributed by atoms with Gasteiger partial charge in [-0.2, -0.15) is 0 Å². The molecule has 0 spiro atoms. The van der Waals surface area contributed by atoms with Gasteiger partial charge in [0.2, 0.25) is 0 Å². The van der Waals surface area contributed by atoms with Crippen LogP contribution in [-0.4, -0.2) is 28.6 Å². The van der Waals surface area contributed by atoms with Gasteiger partial charge in [0.1, 0.15) is 0 Å². The highest BCUT2D eigenvalue weighted by Gasteiger charge is 2.17. The van der Waals surface area contributed by atoms with Gasteiger partial charge in [0.25, 0.3) is 5.91 Å². The quantitative estimate of drug-likeness (QED) is 0.860. The molecule has 0 radical (unpaired) electrons. The monoisotopic (exact) mass is 314 g/mol. The Labute approximate surface area is 137 Å². The van der Waals surface area contributed by atoms with Crippen LogP contribution in [0.25, 0.3) is 10.9 Å². The Hall–Kier alpha value is -1.94. The fourth-order valence-electron chi connectivity index (χ4n) is 3.02. The van der Waals surface area contributed by atoms with Crippen molar-refractivity contribution < 1.29 is 9.90 Å². The fourth-order valence-corrected chi connectivity index (χ4v) is 3.02. The number of hydrogen-bond donors (Lipinski definition) is 2. The predicted octanol–water partition coefficient (Wildman–Crippen LogP) is 3.24. The number of aliphatic hydroxyl groups excluding tert-OH is 1. The van der Waals surface area contributed by atoms with E-state index in [1.54, 1.807) is 6.92 Å². The Balaban J connectivity index is 2.30. The molecule has 0 unspecified atom stereocenters. The van der Waals surface area contributed by atoms with E-state index in [1.165, 1.54) is 0 Å². The highest BCUT2D eigenvalue weighted by atomic mass is 16.3. The first-order chi connectivity index (χ1) is 10.9. The molecule has 2 N–H and O–H groups in total. The normalized spacial score (nSPS) is 13.8. The minimum Gasteiger partial charge on any atom is -0.393 e. The number of fused-ring (bicyclic) bond motifs is 1. The fraction of sp³-hybridized carbons (Fsp3) is 0.474. The Morgan fingerprint density at radius 2 is 2.00 bits per heavy atom. The summed E-state index contributed by atoms with van der Waals surface area (Å²) in [6, 6.07) is 7.77. The van der Waals surface area contributed by atoms with Crippen LogP contribution in [-0.2, 0) is 6.42 Å². The summed E-state index contributed by atoms with van der Waals surface area (Å²) in [4.78, 5) is 17.4. The van der Waals surface area contributed by atoms with Gasteiger partial charge in [0.05, 0.1) is 17.2 Å². The van der Waals surface area contributed by atoms with Gasteiger partial charge in [-0.1, -0.05) is 32.0 Å². The number of para-hydroxylation sites is 1. The summed E-state index contributed by atoms with van der Waals surface area (Å²) < 4.78 is 0. The zero-order valence-electron chi connectivity index (χ0n) is 14.4. The van der Waals surface area contributed by atoms with Gasteiger partial charge in [0, 0.05) is 17.6 Å². The summed E-state index contributed by atoms with van der Waals surface area (Å²) in [5.74, 6) is 0.172. The second-order valence-electron chi connectivity index (χ2n) is 6.33. The largest absolute Gasteiger partial charge is 0.393 e. The van der Waals surface area contributed by atoms with Gasteiger partial charge in [-0.15, -0.1) is 0 Å². The molecule has 0 aliphatic rings. The van der Waals surface area contributed by atoms with Crippen LogP contribution < -0.4 is 5.32 Å². The number of pyridine rings is 1. The maximum absolute atomic E-state index is 12.7. The molecule has 0 aliphatic carbocycles. The topological polar surface area (TPSA) is 62.2 Å². The Morgan fingerprint density at radius 3 is 2.65 bits per heavy atom. The maximum Gasteiger partial charge on any atom is 0.252 e. The number of amides is 1. The van der Waals surface area contributed by atoms with Crippen LogP contribution in [0.4, 0.5) is 0 Å². The lowest BCUT2D eigenvalue weighted by Gasteiger charge is -2.17. The molecule has 2 rings (SSSR count). The third-order valence-electron chi connectivity index (χ3n) is 4.15. The summed E-state index contributed by atoms with van der Waals surface area (Å²) in [6.07, 6.45) is 1.13. The summed E-state index contributed by atoms with van der Waals surface area (Å²) in [7, 11) is 0. The maximum atomic E-state index is 12.7. The van der Waals surface area contributed by atoms with Crippen LogP contribution in [0, 0.1) is 12.8 Å². The first kappa shape index (κ1) is 17.4. The number of carbonyl (C=O) groups excluding carboxylic acids is 1. The van der Waals surface area contributed by atoms with Crippen molar-refractivity contribution in [2.75, 3.05) is 6.54 Å². The van der Waals surface area contributed by atoms with Gasteiger partial charge >= 0.3 is 0 Å². The average molecular weight is 314 g/mol.